The summed E-state index contributed by atoms with van der Waals surface area (Å²) in [6, 6.07) is 13.9. The van der Waals surface area contributed by atoms with Gasteiger partial charge in [0.25, 0.3) is 5.91 Å². The lowest BCUT2D eigenvalue weighted by Gasteiger charge is -2.04. The number of carbonyl (C=O) groups is 2. The Morgan fingerprint density at radius 3 is 2.52 bits per heavy atom. The van der Waals surface area contributed by atoms with E-state index in [1.807, 2.05) is 11.4 Å². The van der Waals surface area contributed by atoms with Crippen molar-refractivity contribution in [2.75, 3.05) is 5.32 Å². The van der Waals surface area contributed by atoms with Crippen LogP contribution < -0.4 is 5.32 Å². The van der Waals surface area contributed by atoms with E-state index in [2.05, 4.69) is 5.32 Å². The van der Waals surface area contributed by atoms with Crippen LogP contribution in [0.15, 0.2) is 70.7 Å². The molecule has 0 unspecified atom stereocenters. The van der Waals surface area contributed by atoms with Crippen molar-refractivity contribution in [2.24, 2.45) is 0 Å². The average Bonchev–Trinajstić information content (AvgIpc) is 3.26. The van der Waals surface area contributed by atoms with Crippen molar-refractivity contribution in [2.45, 2.75) is 0 Å². The molecule has 4 nitrogen and oxygen atoms in total. The highest BCUT2D eigenvalue weighted by Crippen LogP contribution is 2.15. The molecule has 2 heterocycles. The van der Waals surface area contributed by atoms with Gasteiger partial charge in [-0.2, -0.15) is 0 Å². The molecule has 0 saturated heterocycles. The summed E-state index contributed by atoms with van der Waals surface area (Å²) in [5, 5.41) is 4.64. The van der Waals surface area contributed by atoms with E-state index in [4.69, 9.17) is 4.42 Å². The van der Waals surface area contributed by atoms with Gasteiger partial charge in [0.1, 0.15) is 5.76 Å². The SMILES string of the molecule is O=C(/C=C/c1ccco1)c1ccc(NC(=O)c2cccs2)cc1. The quantitative estimate of drug-likeness (QED) is 0.556. The van der Waals surface area contributed by atoms with Crippen LogP contribution in [-0.4, -0.2) is 11.7 Å². The van der Waals surface area contributed by atoms with Gasteiger partial charge in [-0.25, -0.2) is 0 Å². The number of anilines is 1. The number of benzene rings is 1. The fraction of sp³-hybridized carbons (Fsp3) is 0. The zero-order chi connectivity index (χ0) is 16.1. The Kier molecular flexibility index (Phi) is 4.49. The monoisotopic (exact) mass is 323 g/mol. The maximum atomic E-state index is 12.0. The summed E-state index contributed by atoms with van der Waals surface area (Å²) < 4.78 is 5.13. The van der Waals surface area contributed by atoms with Crippen molar-refractivity contribution >= 4 is 34.8 Å². The number of carbonyl (C=O) groups excluding carboxylic acids is 2. The normalized spacial score (nSPS) is 10.8. The number of thiophene rings is 1. The molecule has 0 aliphatic carbocycles. The molecule has 0 aliphatic rings. The summed E-state index contributed by atoms with van der Waals surface area (Å²) in [5.74, 6) is 0.340. The van der Waals surface area contributed by atoms with Crippen molar-refractivity contribution in [3.63, 3.8) is 0 Å². The number of nitrogens with one attached hydrogen (secondary N) is 1. The molecule has 0 aliphatic heterocycles. The van der Waals surface area contributed by atoms with Gasteiger partial charge in [-0.1, -0.05) is 6.07 Å². The summed E-state index contributed by atoms with van der Waals surface area (Å²) >= 11 is 1.38. The van der Waals surface area contributed by atoms with Gasteiger partial charge in [-0.05, 0) is 60.0 Å². The van der Waals surface area contributed by atoms with Crippen LogP contribution in [0, 0.1) is 0 Å². The zero-order valence-corrected chi connectivity index (χ0v) is 12.9. The van der Waals surface area contributed by atoms with Crippen molar-refractivity contribution < 1.29 is 14.0 Å². The summed E-state index contributed by atoms with van der Waals surface area (Å²) in [6.45, 7) is 0. The molecular formula is C18H13NO3S. The van der Waals surface area contributed by atoms with Crippen LogP contribution >= 0.6 is 11.3 Å². The van der Waals surface area contributed by atoms with E-state index >= 15 is 0 Å². The molecule has 2 aromatic heterocycles. The second kappa shape index (κ2) is 6.89. The Morgan fingerprint density at radius 2 is 1.87 bits per heavy atom. The standard InChI is InChI=1S/C18H13NO3S/c20-16(10-9-15-3-1-11-22-15)13-5-7-14(8-6-13)19-18(21)17-4-2-12-23-17/h1-12H,(H,19,21)/b10-9+. The number of hydrogen-bond donors (Lipinski definition) is 1. The molecule has 114 valence electrons. The molecule has 5 heteroatoms. The fourth-order valence-corrected chi connectivity index (χ4v) is 2.58. The highest BCUT2D eigenvalue weighted by molar-refractivity contribution is 7.12. The minimum absolute atomic E-state index is 0.127. The number of furan rings is 1. The van der Waals surface area contributed by atoms with Gasteiger partial charge in [-0.3, -0.25) is 9.59 Å². The second-order valence-electron chi connectivity index (χ2n) is 4.72. The smallest absolute Gasteiger partial charge is 0.265 e. The Balaban J connectivity index is 1.65. The van der Waals surface area contributed by atoms with Crippen LogP contribution in [0.3, 0.4) is 0 Å². The first-order valence-corrected chi connectivity index (χ1v) is 7.81. The molecule has 0 saturated carbocycles. The largest absolute Gasteiger partial charge is 0.465 e. The Bertz CT molecular complexity index is 816. The van der Waals surface area contributed by atoms with Gasteiger partial charge in [0.15, 0.2) is 5.78 Å². The number of rotatable bonds is 5. The van der Waals surface area contributed by atoms with E-state index in [0.29, 0.717) is 21.9 Å². The van der Waals surface area contributed by atoms with Gasteiger partial charge < -0.3 is 9.73 Å². The third-order valence-corrected chi connectivity index (χ3v) is 3.98. The van der Waals surface area contributed by atoms with E-state index in [1.54, 1.807) is 54.8 Å². The van der Waals surface area contributed by atoms with E-state index in [9.17, 15) is 9.59 Å². The van der Waals surface area contributed by atoms with Crippen LogP contribution in [-0.2, 0) is 0 Å². The third kappa shape index (κ3) is 3.84. The predicted molar refractivity (Wildman–Crippen MR) is 90.8 cm³/mol. The van der Waals surface area contributed by atoms with Gasteiger partial charge in [0.05, 0.1) is 11.1 Å². The van der Waals surface area contributed by atoms with Gasteiger partial charge in [0, 0.05) is 11.3 Å². The number of amides is 1. The average molecular weight is 323 g/mol. The maximum Gasteiger partial charge on any atom is 0.265 e. The van der Waals surface area contributed by atoms with Crippen LogP contribution in [0.25, 0.3) is 6.08 Å². The lowest BCUT2D eigenvalue weighted by atomic mass is 10.1. The topological polar surface area (TPSA) is 59.3 Å². The minimum Gasteiger partial charge on any atom is -0.465 e. The number of hydrogen-bond acceptors (Lipinski definition) is 4. The molecule has 1 N–H and O–H groups in total. The molecule has 0 bridgehead atoms. The predicted octanol–water partition coefficient (Wildman–Crippen LogP) is 4.49. The van der Waals surface area contributed by atoms with E-state index in [-0.39, 0.29) is 11.7 Å². The Labute approximate surface area is 137 Å². The zero-order valence-electron chi connectivity index (χ0n) is 12.1. The third-order valence-electron chi connectivity index (χ3n) is 3.11. The number of ketones is 1. The molecule has 1 aromatic carbocycles. The van der Waals surface area contributed by atoms with E-state index < -0.39 is 0 Å². The lowest BCUT2D eigenvalue weighted by Crippen LogP contribution is -2.10. The summed E-state index contributed by atoms with van der Waals surface area (Å²) in [4.78, 5) is 24.6. The first kappa shape index (κ1) is 15.0. The summed E-state index contributed by atoms with van der Waals surface area (Å²) in [7, 11) is 0. The van der Waals surface area contributed by atoms with Gasteiger partial charge >= 0.3 is 0 Å². The van der Waals surface area contributed by atoms with Crippen LogP contribution in [0.4, 0.5) is 5.69 Å². The number of allylic oxidation sites excluding steroid dienone is 1. The minimum atomic E-state index is -0.156. The Hall–Kier alpha value is -2.92. The van der Waals surface area contributed by atoms with E-state index in [0.717, 1.165) is 0 Å². The van der Waals surface area contributed by atoms with Gasteiger partial charge in [0.2, 0.25) is 0 Å². The van der Waals surface area contributed by atoms with Crippen molar-refractivity contribution in [3.8, 4) is 0 Å². The van der Waals surface area contributed by atoms with Crippen LogP contribution in [0.2, 0.25) is 0 Å². The fourth-order valence-electron chi connectivity index (χ4n) is 1.96. The highest BCUT2D eigenvalue weighted by Gasteiger charge is 2.07. The van der Waals surface area contributed by atoms with Crippen molar-refractivity contribution in [1.29, 1.82) is 0 Å². The lowest BCUT2D eigenvalue weighted by molar-refractivity contribution is 0.102. The maximum absolute atomic E-state index is 12.0. The van der Waals surface area contributed by atoms with Crippen molar-refractivity contribution in [3.05, 3.63) is 82.5 Å². The first-order valence-electron chi connectivity index (χ1n) is 6.93. The molecule has 0 radical (unpaired) electrons. The first-order chi connectivity index (χ1) is 11.2. The summed E-state index contributed by atoms with van der Waals surface area (Å²) in [5.41, 5.74) is 1.19. The molecule has 3 rings (SSSR count). The molecule has 1 amide bonds. The Morgan fingerprint density at radius 1 is 1.04 bits per heavy atom. The summed E-state index contributed by atoms with van der Waals surface area (Å²) in [6.07, 6.45) is 4.63. The molecule has 0 fully saturated rings. The highest BCUT2D eigenvalue weighted by atomic mass is 32.1. The van der Waals surface area contributed by atoms with E-state index in [1.165, 1.54) is 17.4 Å². The van der Waals surface area contributed by atoms with Gasteiger partial charge in [-0.15, -0.1) is 11.3 Å². The van der Waals surface area contributed by atoms with Crippen LogP contribution in [0.1, 0.15) is 25.8 Å². The molecule has 0 spiro atoms. The molecule has 3 aromatic rings. The molecular weight excluding hydrogens is 310 g/mol. The molecule has 23 heavy (non-hydrogen) atoms. The van der Waals surface area contributed by atoms with Crippen LogP contribution in [0.5, 0.6) is 0 Å². The molecule has 0 atom stereocenters. The second-order valence-corrected chi connectivity index (χ2v) is 5.67. The van der Waals surface area contributed by atoms with Crippen molar-refractivity contribution in [1.82, 2.24) is 0 Å².